The van der Waals surface area contributed by atoms with Crippen molar-refractivity contribution in [1.29, 1.82) is 0 Å². The number of carbonyl (C=O) groups is 2. The first-order valence-electron chi connectivity index (χ1n) is 11.4. The number of amides is 2. The van der Waals surface area contributed by atoms with E-state index in [4.69, 9.17) is 9.47 Å². The van der Waals surface area contributed by atoms with Crippen LogP contribution in [0.4, 0.5) is 4.39 Å². The van der Waals surface area contributed by atoms with Gasteiger partial charge in [-0.1, -0.05) is 25.5 Å². The van der Waals surface area contributed by atoms with Gasteiger partial charge in [0.15, 0.2) is 0 Å². The Labute approximate surface area is 194 Å². The van der Waals surface area contributed by atoms with Crippen molar-refractivity contribution in [2.75, 3.05) is 46.0 Å². The lowest BCUT2D eigenvalue weighted by Gasteiger charge is -2.35. The van der Waals surface area contributed by atoms with E-state index in [-0.39, 0.29) is 30.2 Å². The lowest BCUT2D eigenvalue weighted by molar-refractivity contribution is -0.120. The quantitative estimate of drug-likeness (QED) is 0.507. The molecular formula is C25H32FN3O4. The van der Waals surface area contributed by atoms with Crippen LogP contribution >= 0.6 is 0 Å². The Morgan fingerprint density at radius 1 is 1.06 bits per heavy atom. The first-order chi connectivity index (χ1) is 16.1. The number of halogens is 1. The standard InChI is InChI=1S/C25H32FN3O4/c1-2-3-14-33-22-10-6-20(7-11-22)25(31)28-18-24(30)27-17-23(29-12-15-32-16-13-29)19-4-8-21(26)9-5-19/h4-11,23H,2-3,12-18H2,1H3,(H,27,30)(H,28,31)/t23-/m0/s1. The maximum atomic E-state index is 13.4. The summed E-state index contributed by atoms with van der Waals surface area (Å²) in [6, 6.07) is 13.1. The number of hydrogen-bond donors (Lipinski definition) is 2. The smallest absolute Gasteiger partial charge is 0.251 e. The van der Waals surface area contributed by atoms with Crippen molar-refractivity contribution >= 4 is 11.8 Å². The first-order valence-corrected chi connectivity index (χ1v) is 11.4. The number of hydrogen-bond acceptors (Lipinski definition) is 5. The molecule has 2 amide bonds. The van der Waals surface area contributed by atoms with E-state index >= 15 is 0 Å². The van der Waals surface area contributed by atoms with Gasteiger partial charge in [-0.2, -0.15) is 0 Å². The summed E-state index contributed by atoms with van der Waals surface area (Å²) in [6.07, 6.45) is 2.03. The molecule has 3 rings (SSSR count). The topological polar surface area (TPSA) is 79.9 Å². The summed E-state index contributed by atoms with van der Waals surface area (Å²) in [4.78, 5) is 27.0. The summed E-state index contributed by atoms with van der Waals surface area (Å²) >= 11 is 0. The molecule has 2 N–H and O–H groups in total. The van der Waals surface area contributed by atoms with Crippen LogP contribution in [0.5, 0.6) is 5.75 Å². The highest BCUT2D eigenvalue weighted by molar-refractivity contribution is 5.96. The van der Waals surface area contributed by atoms with Gasteiger partial charge in [-0.25, -0.2) is 4.39 Å². The Kier molecular flexibility index (Phi) is 9.65. The van der Waals surface area contributed by atoms with Crippen molar-refractivity contribution < 1.29 is 23.5 Å². The molecule has 2 aromatic rings. The third-order valence-corrected chi connectivity index (χ3v) is 5.53. The van der Waals surface area contributed by atoms with E-state index in [9.17, 15) is 14.0 Å². The van der Waals surface area contributed by atoms with Crippen molar-refractivity contribution in [3.63, 3.8) is 0 Å². The Balaban J connectivity index is 1.49. The Morgan fingerprint density at radius 2 is 1.76 bits per heavy atom. The fourth-order valence-corrected chi connectivity index (χ4v) is 3.60. The molecule has 0 aromatic heterocycles. The third-order valence-electron chi connectivity index (χ3n) is 5.53. The molecule has 0 saturated carbocycles. The molecule has 2 aromatic carbocycles. The summed E-state index contributed by atoms with van der Waals surface area (Å²) < 4.78 is 24.4. The maximum Gasteiger partial charge on any atom is 0.251 e. The molecule has 0 spiro atoms. The van der Waals surface area contributed by atoms with Gasteiger partial charge < -0.3 is 20.1 Å². The van der Waals surface area contributed by atoms with Gasteiger partial charge >= 0.3 is 0 Å². The van der Waals surface area contributed by atoms with Crippen LogP contribution in [-0.4, -0.2) is 62.7 Å². The van der Waals surface area contributed by atoms with E-state index in [1.165, 1.54) is 12.1 Å². The second-order valence-electron chi connectivity index (χ2n) is 7.93. The molecule has 0 radical (unpaired) electrons. The van der Waals surface area contributed by atoms with Crippen LogP contribution in [0.1, 0.15) is 41.7 Å². The molecule has 1 atom stereocenters. The summed E-state index contributed by atoms with van der Waals surface area (Å²) in [7, 11) is 0. The third kappa shape index (κ3) is 7.83. The molecular weight excluding hydrogens is 425 g/mol. The van der Waals surface area contributed by atoms with E-state index < -0.39 is 0 Å². The zero-order valence-corrected chi connectivity index (χ0v) is 19.0. The van der Waals surface area contributed by atoms with Crippen molar-refractivity contribution in [2.45, 2.75) is 25.8 Å². The molecule has 1 fully saturated rings. The zero-order chi connectivity index (χ0) is 23.5. The number of rotatable bonds is 11. The van der Waals surface area contributed by atoms with Crippen LogP contribution < -0.4 is 15.4 Å². The number of morpholine rings is 1. The minimum Gasteiger partial charge on any atom is -0.494 e. The number of nitrogens with one attached hydrogen (secondary N) is 2. The van der Waals surface area contributed by atoms with E-state index in [1.54, 1.807) is 36.4 Å². The molecule has 178 valence electrons. The zero-order valence-electron chi connectivity index (χ0n) is 19.0. The van der Waals surface area contributed by atoms with Gasteiger partial charge in [0.25, 0.3) is 5.91 Å². The SMILES string of the molecule is CCCCOc1ccc(C(=O)NCC(=O)NC[C@@H](c2ccc(F)cc2)N2CCOCC2)cc1. The maximum absolute atomic E-state index is 13.4. The minimum absolute atomic E-state index is 0.102. The highest BCUT2D eigenvalue weighted by atomic mass is 19.1. The fraction of sp³-hybridized carbons (Fsp3) is 0.440. The Hall–Kier alpha value is -2.97. The second-order valence-corrected chi connectivity index (χ2v) is 7.93. The van der Waals surface area contributed by atoms with Gasteiger partial charge in [0.1, 0.15) is 11.6 Å². The lowest BCUT2D eigenvalue weighted by atomic mass is 10.0. The molecule has 1 aliphatic heterocycles. The van der Waals surface area contributed by atoms with Gasteiger partial charge in [0.05, 0.1) is 32.4 Å². The molecule has 0 unspecified atom stereocenters. The number of carbonyl (C=O) groups excluding carboxylic acids is 2. The molecule has 0 bridgehead atoms. The monoisotopic (exact) mass is 457 g/mol. The second kappa shape index (κ2) is 12.9. The van der Waals surface area contributed by atoms with Crippen molar-refractivity contribution in [3.05, 3.63) is 65.5 Å². The fourth-order valence-electron chi connectivity index (χ4n) is 3.60. The van der Waals surface area contributed by atoms with E-state index in [1.807, 2.05) is 0 Å². The van der Waals surface area contributed by atoms with Crippen LogP contribution in [0.15, 0.2) is 48.5 Å². The first kappa shape index (κ1) is 24.7. The highest BCUT2D eigenvalue weighted by Crippen LogP contribution is 2.21. The predicted octanol–water partition coefficient (Wildman–Crippen LogP) is 2.92. The molecule has 0 aliphatic carbocycles. The lowest BCUT2D eigenvalue weighted by Crippen LogP contribution is -2.45. The number of benzene rings is 2. The average molecular weight is 458 g/mol. The van der Waals surface area contributed by atoms with Crippen LogP contribution in [0, 0.1) is 5.82 Å². The molecule has 1 aliphatic rings. The van der Waals surface area contributed by atoms with Gasteiger partial charge in [0.2, 0.25) is 5.91 Å². The summed E-state index contributed by atoms with van der Waals surface area (Å²) in [5, 5.41) is 5.53. The van der Waals surface area contributed by atoms with Crippen LogP contribution in [0.25, 0.3) is 0 Å². The van der Waals surface area contributed by atoms with Gasteiger partial charge in [0, 0.05) is 25.2 Å². The van der Waals surface area contributed by atoms with E-state index in [0.717, 1.165) is 31.5 Å². The van der Waals surface area contributed by atoms with Crippen LogP contribution in [0.2, 0.25) is 0 Å². The average Bonchev–Trinajstić information content (AvgIpc) is 2.85. The Morgan fingerprint density at radius 3 is 2.42 bits per heavy atom. The van der Waals surface area contributed by atoms with Crippen LogP contribution in [-0.2, 0) is 9.53 Å². The highest BCUT2D eigenvalue weighted by Gasteiger charge is 2.23. The largest absolute Gasteiger partial charge is 0.494 e. The summed E-state index contributed by atoms with van der Waals surface area (Å²) in [5.74, 6) is -0.198. The van der Waals surface area contributed by atoms with Crippen molar-refractivity contribution in [3.8, 4) is 5.75 Å². The Bertz CT molecular complexity index is 884. The summed E-state index contributed by atoms with van der Waals surface area (Å²) in [6.45, 7) is 5.65. The van der Waals surface area contributed by atoms with Gasteiger partial charge in [-0.05, 0) is 48.4 Å². The molecule has 1 heterocycles. The predicted molar refractivity (Wildman–Crippen MR) is 124 cm³/mol. The molecule has 1 saturated heterocycles. The normalized spacial score (nSPS) is 15.0. The number of unbranched alkanes of at least 4 members (excludes halogenated alkanes) is 1. The van der Waals surface area contributed by atoms with Crippen molar-refractivity contribution in [2.24, 2.45) is 0 Å². The van der Waals surface area contributed by atoms with Crippen molar-refractivity contribution in [1.82, 2.24) is 15.5 Å². The molecule has 7 nitrogen and oxygen atoms in total. The molecule has 8 heteroatoms. The summed E-state index contributed by atoms with van der Waals surface area (Å²) in [5.41, 5.74) is 1.38. The van der Waals surface area contributed by atoms with Gasteiger partial charge in [-0.15, -0.1) is 0 Å². The van der Waals surface area contributed by atoms with Crippen LogP contribution in [0.3, 0.4) is 0 Å². The van der Waals surface area contributed by atoms with Gasteiger partial charge in [-0.3, -0.25) is 14.5 Å². The number of nitrogens with zero attached hydrogens (tertiary/aromatic N) is 1. The van der Waals surface area contributed by atoms with E-state index in [2.05, 4.69) is 22.5 Å². The minimum atomic E-state index is -0.325. The number of ether oxygens (including phenoxy) is 2. The van der Waals surface area contributed by atoms with E-state index in [0.29, 0.717) is 37.7 Å². The molecule has 33 heavy (non-hydrogen) atoms.